The Labute approximate surface area is 195 Å². The molecule has 0 fully saturated rings. The number of hydrogen-bond donors (Lipinski definition) is 1. The first-order valence-electron chi connectivity index (χ1n) is 10.2. The van der Waals surface area contributed by atoms with Gasteiger partial charge in [0, 0.05) is 22.4 Å². The first-order valence-corrected chi connectivity index (χ1v) is 11.2. The van der Waals surface area contributed by atoms with Crippen molar-refractivity contribution in [3.8, 4) is 11.5 Å². The van der Waals surface area contributed by atoms with E-state index in [2.05, 4.69) is 5.32 Å². The van der Waals surface area contributed by atoms with Crippen molar-refractivity contribution in [2.24, 2.45) is 0 Å². The number of amides is 1. The van der Waals surface area contributed by atoms with Gasteiger partial charge in [-0.25, -0.2) is 0 Å². The van der Waals surface area contributed by atoms with Gasteiger partial charge in [0.2, 0.25) is 0 Å². The van der Waals surface area contributed by atoms with Crippen molar-refractivity contribution in [2.75, 3.05) is 5.32 Å². The molecule has 4 aromatic rings. The largest absolute Gasteiger partial charge is 0.456 e. The summed E-state index contributed by atoms with van der Waals surface area (Å²) in [5, 5.41) is 14.5. The van der Waals surface area contributed by atoms with Crippen LogP contribution >= 0.6 is 11.8 Å². The lowest BCUT2D eigenvalue weighted by molar-refractivity contribution is -0.385. The second kappa shape index (κ2) is 10.5. The molecule has 4 aromatic carbocycles. The summed E-state index contributed by atoms with van der Waals surface area (Å²) >= 11 is 1.35. The molecule has 6 nitrogen and oxygen atoms in total. The lowest BCUT2D eigenvalue weighted by Crippen LogP contribution is -2.14. The van der Waals surface area contributed by atoms with E-state index in [0.717, 1.165) is 5.56 Å². The van der Waals surface area contributed by atoms with Crippen molar-refractivity contribution in [3.63, 3.8) is 0 Å². The molecule has 0 unspecified atom stereocenters. The summed E-state index contributed by atoms with van der Waals surface area (Å²) in [7, 11) is 0. The summed E-state index contributed by atoms with van der Waals surface area (Å²) in [6, 6.07) is 30.4. The Morgan fingerprint density at radius 2 is 1.48 bits per heavy atom. The minimum absolute atomic E-state index is 0.124. The van der Waals surface area contributed by atoms with E-state index in [-0.39, 0.29) is 17.0 Å². The summed E-state index contributed by atoms with van der Waals surface area (Å²) < 4.78 is 5.97. The van der Waals surface area contributed by atoms with E-state index in [1.807, 2.05) is 54.6 Å². The van der Waals surface area contributed by atoms with Gasteiger partial charge in [-0.1, -0.05) is 66.7 Å². The Hall–Kier alpha value is -4.10. The lowest BCUT2D eigenvalue weighted by atomic mass is 10.1. The molecule has 0 aliphatic carbocycles. The first-order chi connectivity index (χ1) is 16.1. The van der Waals surface area contributed by atoms with Gasteiger partial charge in [-0.05, 0) is 29.8 Å². The molecule has 0 aliphatic rings. The van der Waals surface area contributed by atoms with E-state index >= 15 is 0 Å². The molecule has 0 heterocycles. The van der Waals surface area contributed by atoms with Gasteiger partial charge >= 0.3 is 0 Å². The smallest absolute Gasteiger partial charge is 0.274 e. The zero-order valence-corrected chi connectivity index (χ0v) is 18.3. The van der Waals surface area contributed by atoms with Gasteiger partial charge < -0.3 is 10.1 Å². The van der Waals surface area contributed by atoms with Crippen LogP contribution in [0.4, 0.5) is 11.4 Å². The fraction of sp³-hybridized carbons (Fsp3) is 0.0385. The van der Waals surface area contributed by atoms with Gasteiger partial charge in [0.15, 0.2) is 0 Å². The highest BCUT2D eigenvalue weighted by molar-refractivity contribution is 7.98. The quantitative estimate of drug-likeness (QED) is 0.177. The van der Waals surface area contributed by atoms with Crippen LogP contribution in [-0.2, 0) is 5.75 Å². The Kier molecular flexibility index (Phi) is 7.02. The van der Waals surface area contributed by atoms with Gasteiger partial charge in [0.25, 0.3) is 11.6 Å². The number of nitro groups is 1. The van der Waals surface area contributed by atoms with Crippen LogP contribution in [0, 0.1) is 10.1 Å². The Morgan fingerprint density at radius 3 is 2.12 bits per heavy atom. The maximum absolute atomic E-state index is 13.4. The summed E-state index contributed by atoms with van der Waals surface area (Å²) in [4.78, 5) is 25.0. The summed E-state index contributed by atoms with van der Waals surface area (Å²) in [6.45, 7) is 0. The predicted molar refractivity (Wildman–Crippen MR) is 130 cm³/mol. The fourth-order valence-electron chi connectivity index (χ4n) is 3.17. The van der Waals surface area contributed by atoms with Crippen LogP contribution < -0.4 is 10.1 Å². The van der Waals surface area contributed by atoms with Gasteiger partial charge in [0.1, 0.15) is 11.5 Å². The molecule has 0 bridgehead atoms. The number of non-ortho nitro benzene ring substituents is 1. The molecule has 4 rings (SSSR count). The fourth-order valence-corrected chi connectivity index (χ4v) is 4.22. The number of carbonyl (C=O) groups is 1. The number of nitrogens with zero attached hydrogens (tertiary/aromatic N) is 1. The van der Waals surface area contributed by atoms with Crippen molar-refractivity contribution < 1.29 is 14.5 Å². The van der Waals surface area contributed by atoms with Gasteiger partial charge in [-0.3, -0.25) is 14.9 Å². The predicted octanol–water partition coefficient (Wildman–Crippen LogP) is 6.93. The van der Waals surface area contributed by atoms with Gasteiger partial charge in [-0.2, -0.15) is 0 Å². The van der Waals surface area contributed by atoms with E-state index in [0.29, 0.717) is 22.1 Å². The van der Waals surface area contributed by atoms with Crippen LogP contribution in [0.25, 0.3) is 0 Å². The van der Waals surface area contributed by atoms with E-state index in [1.54, 1.807) is 36.4 Å². The second-order valence-corrected chi connectivity index (χ2v) is 8.10. The normalized spacial score (nSPS) is 10.4. The van der Waals surface area contributed by atoms with Crippen molar-refractivity contribution in [1.29, 1.82) is 0 Å². The highest BCUT2D eigenvalue weighted by atomic mass is 32.2. The third-order valence-corrected chi connectivity index (χ3v) is 5.84. The molecule has 0 radical (unpaired) electrons. The topological polar surface area (TPSA) is 81.5 Å². The molecule has 0 atom stereocenters. The number of para-hydroxylation sites is 2. The molecule has 0 aliphatic heterocycles. The number of hydrogen-bond acceptors (Lipinski definition) is 5. The molecule has 0 spiro atoms. The van der Waals surface area contributed by atoms with E-state index < -0.39 is 10.8 Å². The summed E-state index contributed by atoms with van der Waals surface area (Å²) in [5.41, 5.74) is 1.75. The van der Waals surface area contributed by atoms with Crippen molar-refractivity contribution in [2.45, 2.75) is 10.6 Å². The average molecular weight is 457 g/mol. The molecule has 7 heteroatoms. The van der Waals surface area contributed by atoms with Crippen LogP contribution in [-0.4, -0.2) is 10.8 Å². The highest BCUT2D eigenvalue weighted by Crippen LogP contribution is 2.38. The Morgan fingerprint density at radius 1 is 0.879 bits per heavy atom. The zero-order chi connectivity index (χ0) is 23.0. The SMILES string of the molecule is O=C(Nc1ccccc1)c1c(Oc2ccccc2)cc([N+](=O)[O-])cc1SCc1ccccc1. The maximum atomic E-state index is 13.4. The number of ether oxygens (including phenoxy) is 1. The molecular weight excluding hydrogens is 436 g/mol. The van der Waals surface area contributed by atoms with Crippen LogP contribution in [0.15, 0.2) is 108 Å². The number of carbonyl (C=O) groups excluding carboxylic acids is 1. The number of thioether (sulfide) groups is 1. The summed E-state index contributed by atoms with van der Waals surface area (Å²) in [6.07, 6.45) is 0. The number of anilines is 1. The molecule has 0 saturated carbocycles. The molecular formula is C26H20N2O4S. The lowest BCUT2D eigenvalue weighted by Gasteiger charge is -2.15. The number of nitrogens with one attached hydrogen (secondary N) is 1. The molecule has 0 aromatic heterocycles. The number of nitro benzene ring substituents is 1. The highest BCUT2D eigenvalue weighted by Gasteiger charge is 2.24. The standard InChI is InChI=1S/C26H20N2O4S/c29-26(27-20-12-6-2-7-13-20)25-23(32-22-14-8-3-9-15-22)16-21(28(30)31)17-24(25)33-18-19-10-4-1-5-11-19/h1-17H,18H2,(H,27,29). The van der Waals surface area contributed by atoms with Gasteiger partial charge in [0.05, 0.1) is 16.6 Å². The number of rotatable bonds is 8. The minimum Gasteiger partial charge on any atom is -0.456 e. The number of benzene rings is 4. The Balaban J connectivity index is 1.77. The van der Waals surface area contributed by atoms with E-state index in [1.165, 1.54) is 23.9 Å². The Bertz CT molecular complexity index is 1250. The molecule has 0 saturated heterocycles. The molecule has 1 amide bonds. The van der Waals surface area contributed by atoms with Crippen molar-refractivity contribution in [3.05, 3.63) is 124 Å². The third kappa shape index (κ3) is 5.78. The maximum Gasteiger partial charge on any atom is 0.274 e. The minimum atomic E-state index is -0.483. The van der Waals surface area contributed by atoms with Gasteiger partial charge in [-0.15, -0.1) is 11.8 Å². The van der Waals surface area contributed by atoms with Crippen molar-refractivity contribution in [1.82, 2.24) is 0 Å². The first kappa shape index (κ1) is 22.1. The third-order valence-electron chi connectivity index (χ3n) is 4.73. The van der Waals surface area contributed by atoms with Crippen LogP contribution in [0.5, 0.6) is 11.5 Å². The average Bonchev–Trinajstić information content (AvgIpc) is 2.84. The van der Waals surface area contributed by atoms with Crippen LogP contribution in [0.3, 0.4) is 0 Å². The molecule has 1 N–H and O–H groups in total. The van der Waals surface area contributed by atoms with Crippen molar-refractivity contribution >= 4 is 29.0 Å². The van der Waals surface area contributed by atoms with Crippen LogP contribution in [0.2, 0.25) is 0 Å². The zero-order valence-electron chi connectivity index (χ0n) is 17.5. The molecule has 164 valence electrons. The summed E-state index contributed by atoms with van der Waals surface area (Å²) in [5.74, 6) is 0.737. The van der Waals surface area contributed by atoms with Crippen LogP contribution in [0.1, 0.15) is 15.9 Å². The van der Waals surface area contributed by atoms with E-state index in [9.17, 15) is 14.9 Å². The monoisotopic (exact) mass is 456 g/mol. The second-order valence-electron chi connectivity index (χ2n) is 7.08. The molecule has 33 heavy (non-hydrogen) atoms. The van der Waals surface area contributed by atoms with E-state index in [4.69, 9.17) is 4.74 Å².